The Kier molecular flexibility index (Phi) is 3.25. The summed E-state index contributed by atoms with van der Waals surface area (Å²) in [7, 11) is -1.22. The van der Waals surface area contributed by atoms with Gasteiger partial charge in [0.15, 0.2) is 0 Å². The van der Waals surface area contributed by atoms with E-state index in [0.29, 0.717) is 5.41 Å². The minimum absolute atomic E-state index is 0.531. The first kappa shape index (κ1) is 10.3. The maximum atomic E-state index is 9.49. The average Bonchev–Trinajstić information content (AvgIpc) is 2.16. The van der Waals surface area contributed by atoms with Crippen LogP contribution in [0.4, 0.5) is 0 Å². The van der Waals surface area contributed by atoms with Crippen LogP contribution in [0.15, 0.2) is 0 Å². The van der Waals surface area contributed by atoms with Crippen molar-refractivity contribution in [1.29, 1.82) is 0 Å². The molecule has 2 aliphatic heterocycles. The molecule has 2 nitrogen and oxygen atoms in total. The normalized spacial score (nSPS) is 46.6. The molecule has 2 saturated heterocycles. The van der Waals surface area contributed by atoms with Gasteiger partial charge in [0.05, 0.1) is 0 Å². The molecule has 2 heterocycles. The summed E-state index contributed by atoms with van der Waals surface area (Å²) in [5.41, 5.74) is 0.531. The van der Waals surface area contributed by atoms with Crippen molar-refractivity contribution in [2.45, 2.75) is 25.7 Å². The molecule has 13 heavy (non-hydrogen) atoms. The molecule has 76 valence electrons. The molecule has 2 aliphatic rings. The summed E-state index contributed by atoms with van der Waals surface area (Å²) >= 11 is 0. The Hall–Kier alpha value is 0.780. The highest BCUT2D eigenvalue weighted by atomic mass is 31.1. The molecule has 4 heteroatoms. The van der Waals surface area contributed by atoms with Crippen LogP contribution in [0.25, 0.3) is 0 Å². The zero-order valence-electron chi connectivity index (χ0n) is 7.95. The van der Waals surface area contributed by atoms with Gasteiger partial charge in [-0.05, 0) is 55.7 Å². The highest BCUT2D eigenvalue weighted by molar-refractivity contribution is 7.51. The summed E-state index contributed by atoms with van der Waals surface area (Å²) < 4.78 is 0. The second-order valence-corrected chi connectivity index (χ2v) is 8.22. The van der Waals surface area contributed by atoms with Crippen molar-refractivity contribution < 1.29 is 9.79 Å². The Morgan fingerprint density at radius 2 is 1.00 bits per heavy atom. The molecule has 0 aliphatic carbocycles. The average molecular weight is 220 g/mol. The van der Waals surface area contributed by atoms with Crippen molar-refractivity contribution in [2.75, 3.05) is 24.6 Å². The number of hydrogen-bond acceptors (Lipinski definition) is 2. The summed E-state index contributed by atoms with van der Waals surface area (Å²) in [6.07, 6.45) is 9.10. The van der Waals surface area contributed by atoms with Gasteiger partial charge in [0.25, 0.3) is 0 Å². The first-order valence-electron chi connectivity index (χ1n) is 5.08. The van der Waals surface area contributed by atoms with E-state index in [0.717, 1.165) is 24.6 Å². The number of hydrogen-bond donors (Lipinski definition) is 2. The molecule has 0 amide bonds. The van der Waals surface area contributed by atoms with Crippen molar-refractivity contribution >= 4 is 16.3 Å². The van der Waals surface area contributed by atoms with Gasteiger partial charge in [0, 0.05) is 16.3 Å². The third-order valence-electron chi connectivity index (χ3n) is 3.60. The van der Waals surface area contributed by atoms with Crippen molar-refractivity contribution in [3.05, 3.63) is 0 Å². The minimum atomic E-state index is -0.611. The van der Waals surface area contributed by atoms with E-state index in [2.05, 4.69) is 0 Å². The molecule has 0 aromatic heterocycles. The molecule has 2 N–H and O–H groups in total. The van der Waals surface area contributed by atoms with Gasteiger partial charge in [-0.25, -0.2) is 0 Å². The van der Waals surface area contributed by atoms with E-state index in [-0.39, 0.29) is 0 Å². The maximum absolute atomic E-state index is 9.49. The Balaban J connectivity index is 1.90. The van der Waals surface area contributed by atoms with Gasteiger partial charge in [0.2, 0.25) is 0 Å². The van der Waals surface area contributed by atoms with Gasteiger partial charge in [-0.15, -0.1) is 0 Å². The quantitative estimate of drug-likeness (QED) is 0.615. The lowest BCUT2D eigenvalue weighted by molar-refractivity contribution is 0.225. The zero-order chi connectivity index (χ0) is 9.31. The van der Waals surface area contributed by atoms with E-state index in [4.69, 9.17) is 0 Å². The Bertz CT molecular complexity index is 147. The summed E-state index contributed by atoms with van der Waals surface area (Å²) in [5.74, 6) is 0. The Morgan fingerprint density at radius 3 is 1.31 bits per heavy atom. The van der Waals surface area contributed by atoms with Crippen molar-refractivity contribution in [3.63, 3.8) is 0 Å². The van der Waals surface area contributed by atoms with E-state index < -0.39 is 16.3 Å². The van der Waals surface area contributed by atoms with Gasteiger partial charge in [-0.2, -0.15) is 0 Å². The van der Waals surface area contributed by atoms with E-state index in [1.54, 1.807) is 0 Å². The van der Waals surface area contributed by atoms with Crippen LogP contribution >= 0.6 is 16.3 Å². The smallest absolute Gasteiger partial charge is 0.0251 e. The zero-order valence-corrected chi connectivity index (χ0v) is 9.73. The molecule has 0 aromatic rings. The molecule has 0 aromatic carbocycles. The lowest BCUT2D eigenvalue weighted by atomic mass is 9.77. The van der Waals surface area contributed by atoms with Gasteiger partial charge < -0.3 is 9.79 Å². The SMILES string of the molecule is OP1CCC2(CC1)CCP(O)CC2. The predicted molar refractivity (Wildman–Crippen MR) is 58.6 cm³/mol. The fourth-order valence-corrected chi connectivity index (χ4v) is 5.82. The summed E-state index contributed by atoms with van der Waals surface area (Å²) in [6.45, 7) is 0. The van der Waals surface area contributed by atoms with Crippen molar-refractivity contribution in [1.82, 2.24) is 0 Å². The lowest BCUT2D eigenvalue weighted by Crippen LogP contribution is -2.31. The van der Waals surface area contributed by atoms with E-state index in [1.807, 2.05) is 0 Å². The Labute approximate surface area is 82.4 Å². The summed E-state index contributed by atoms with van der Waals surface area (Å²) in [4.78, 5) is 19.0. The fourth-order valence-electron chi connectivity index (χ4n) is 2.44. The highest BCUT2D eigenvalue weighted by Gasteiger charge is 2.37. The standard InChI is InChI=1S/C9H18O2P2/c10-12-5-1-9(2-6-12)3-7-13(11)8-4-9/h10-11H,1-8H2. The van der Waals surface area contributed by atoms with Crippen LogP contribution in [0.2, 0.25) is 0 Å². The van der Waals surface area contributed by atoms with Crippen LogP contribution in [0.1, 0.15) is 25.7 Å². The second-order valence-electron chi connectivity index (χ2n) is 4.41. The van der Waals surface area contributed by atoms with Crippen LogP contribution in [0.5, 0.6) is 0 Å². The van der Waals surface area contributed by atoms with Crippen molar-refractivity contribution in [2.24, 2.45) is 5.41 Å². The van der Waals surface area contributed by atoms with Crippen LogP contribution in [-0.4, -0.2) is 34.4 Å². The third-order valence-corrected chi connectivity index (χ3v) is 6.56. The molecule has 2 rings (SSSR count). The summed E-state index contributed by atoms with van der Waals surface area (Å²) in [6, 6.07) is 0. The molecule has 0 radical (unpaired) electrons. The Morgan fingerprint density at radius 1 is 0.692 bits per heavy atom. The largest absolute Gasteiger partial charge is 0.374 e. The van der Waals surface area contributed by atoms with E-state index >= 15 is 0 Å². The van der Waals surface area contributed by atoms with Crippen molar-refractivity contribution in [3.8, 4) is 0 Å². The second kappa shape index (κ2) is 4.11. The van der Waals surface area contributed by atoms with E-state index in [1.165, 1.54) is 25.7 Å². The summed E-state index contributed by atoms with van der Waals surface area (Å²) in [5, 5.41) is 0. The molecular weight excluding hydrogens is 202 g/mol. The molecule has 0 atom stereocenters. The number of rotatable bonds is 0. The van der Waals surface area contributed by atoms with Gasteiger partial charge in [0.1, 0.15) is 0 Å². The topological polar surface area (TPSA) is 40.5 Å². The van der Waals surface area contributed by atoms with Crippen LogP contribution in [0, 0.1) is 5.41 Å². The van der Waals surface area contributed by atoms with Crippen LogP contribution in [0.3, 0.4) is 0 Å². The molecule has 2 fully saturated rings. The van der Waals surface area contributed by atoms with Gasteiger partial charge in [-0.1, -0.05) is 0 Å². The molecule has 0 saturated carbocycles. The fraction of sp³-hybridized carbons (Fsp3) is 1.00. The molecule has 0 bridgehead atoms. The monoisotopic (exact) mass is 220 g/mol. The van der Waals surface area contributed by atoms with E-state index in [9.17, 15) is 9.79 Å². The third kappa shape index (κ3) is 2.42. The lowest BCUT2D eigenvalue weighted by Gasteiger charge is -2.42. The maximum Gasteiger partial charge on any atom is 0.0251 e. The van der Waals surface area contributed by atoms with Gasteiger partial charge in [-0.3, -0.25) is 0 Å². The van der Waals surface area contributed by atoms with Crippen LogP contribution in [-0.2, 0) is 0 Å². The highest BCUT2D eigenvalue weighted by Crippen LogP contribution is 2.54. The first-order valence-corrected chi connectivity index (χ1v) is 8.41. The minimum Gasteiger partial charge on any atom is -0.374 e. The predicted octanol–water partition coefficient (Wildman–Crippen LogP) is 2.34. The first-order chi connectivity index (χ1) is 6.20. The molecule has 0 unspecified atom stereocenters. The molecule has 1 spiro atoms. The van der Waals surface area contributed by atoms with Gasteiger partial charge >= 0.3 is 0 Å². The molecular formula is C9H18O2P2. The van der Waals surface area contributed by atoms with Crippen LogP contribution < -0.4 is 0 Å².